The molecule has 0 saturated heterocycles. The monoisotopic (exact) mass is 613 g/mol. The van der Waals surface area contributed by atoms with E-state index in [0.29, 0.717) is 43.7 Å². The van der Waals surface area contributed by atoms with Crippen molar-refractivity contribution in [2.45, 2.75) is 39.5 Å². The number of hydrogen-bond donors (Lipinski definition) is 0. The predicted molar refractivity (Wildman–Crippen MR) is 166 cm³/mol. The molecule has 6 rings (SSSR count). The Morgan fingerprint density at radius 3 is 2.42 bits per heavy atom. The zero-order chi connectivity index (χ0) is 30.4. The Kier molecular flexibility index (Phi) is 7.54. The van der Waals surface area contributed by atoms with Crippen LogP contribution in [0, 0.1) is 0 Å². The van der Waals surface area contributed by atoms with E-state index in [1.54, 1.807) is 51.0 Å². The van der Waals surface area contributed by atoms with Crippen LogP contribution < -0.4 is 24.5 Å². The SMILES string of the molecule is COc1ccc([C@H]2C(C(=O)OC(C)C)=C(C)N=c3s/c(=C4\C(=O)N(Cc5ccccc5Cl)c5ccccc54)c(=O)n32)cc1. The molecule has 0 aliphatic carbocycles. The van der Waals surface area contributed by atoms with Gasteiger partial charge in [0.2, 0.25) is 0 Å². The van der Waals surface area contributed by atoms with Gasteiger partial charge in [0.05, 0.1) is 48.3 Å². The number of methoxy groups -OCH3 is 1. The second-order valence-corrected chi connectivity index (χ2v) is 11.9. The summed E-state index contributed by atoms with van der Waals surface area (Å²) in [6, 6.07) is 21.1. The van der Waals surface area contributed by atoms with Crippen LogP contribution in [-0.2, 0) is 20.9 Å². The first-order valence-electron chi connectivity index (χ1n) is 13.7. The second-order valence-electron chi connectivity index (χ2n) is 10.5. The quantitative estimate of drug-likeness (QED) is 0.292. The molecule has 0 saturated carbocycles. The minimum Gasteiger partial charge on any atom is -0.497 e. The topological polar surface area (TPSA) is 90.2 Å². The maximum Gasteiger partial charge on any atom is 0.338 e. The molecule has 43 heavy (non-hydrogen) atoms. The van der Waals surface area contributed by atoms with Gasteiger partial charge in [0.25, 0.3) is 11.5 Å². The number of carbonyl (C=O) groups excluding carboxylic acids is 2. The Morgan fingerprint density at radius 1 is 1.02 bits per heavy atom. The first kappa shape index (κ1) is 28.6. The molecule has 0 radical (unpaired) electrons. The number of para-hydroxylation sites is 1. The molecule has 0 fully saturated rings. The third-order valence-corrected chi connectivity index (χ3v) is 8.85. The number of ether oxygens (including phenoxy) is 2. The van der Waals surface area contributed by atoms with Crippen molar-refractivity contribution in [1.29, 1.82) is 0 Å². The highest BCUT2D eigenvalue weighted by Crippen LogP contribution is 2.37. The molecule has 0 N–H and O–H groups in total. The van der Waals surface area contributed by atoms with Crippen LogP contribution in [0.1, 0.15) is 43.5 Å². The van der Waals surface area contributed by atoms with Crippen molar-refractivity contribution in [2.24, 2.45) is 4.99 Å². The number of halogens is 1. The van der Waals surface area contributed by atoms with Crippen LogP contribution in [0.2, 0.25) is 5.02 Å². The number of amides is 1. The van der Waals surface area contributed by atoms with E-state index < -0.39 is 17.6 Å². The molecular formula is C33H28ClN3O5S. The van der Waals surface area contributed by atoms with Crippen LogP contribution in [0.5, 0.6) is 5.75 Å². The van der Waals surface area contributed by atoms with Gasteiger partial charge in [-0.25, -0.2) is 9.79 Å². The number of esters is 1. The van der Waals surface area contributed by atoms with Gasteiger partial charge in [0.15, 0.2) is 4.80 Å². The molecule has 10 heteroatoms. The lowest BCUT2D eigenvalue weighted by atomic mass is 9.95. The lowest BCUT2D eigenvalue weighted by Crippen LogP contribution is -2.41. The third-order valence-electron chi connectivity index (χ3n) is 7.43. The summed E-state index contributed by atoms with van der Waals surface area (Å²) in [5.41, 5.74) is 3.42. The van der Waals surface area contributed by atoms with E-state index in [4.69, 9.17) is 21.1 Å². The molecule has 3 heterocycles. The van der Waals surface area contributed by atoms with Crippen LogP contribution in [0.3, 0.4) is 0 Å². The lowest BCUT2D eigenvalue weighted by molar-refractivity contribution is -0.143. The number of benzene rings is 3. The molecule has 8 nitrogen and oxygen atoms in total. The average Bonchev–Trinajstić information content (AvgIpc) is 3.45. The van der Waals surface area contributed by atoms with Gasteiger partial charge in [0.1, 0.15) is 10.3 Å². The largest absolute Gasteiger partial charge is 0.497 e. The van der Waals surface area contributed by atoms with Crippen molar-refractivity contribution in [3.8, 4) is 5.75 Å². The van der Waals surface area contributed by atoms with Crippen molar-refractivity contribution in [1.82, 2.24) is 4.57 Å². The Bertz CT molecular complexity index is 1990. The van der Waals surface area contributed by atoms with Gasteiger partial charge < -0.3 is 14.4 Å². The van der Waals surface area contributed by atoms with E-state index in [-0.39, 0.29) is 28.7 Å². The maximum absolute atomic E-state index is 14.4. The molecule has 1 amide bonds. The van der Waals surface area contributed by atoms with E-state index in [2.05, 4.69) is 4.99 Å². The number of carbonyl (C=O) groups is 2. The smallest absolute Gasteiger partial charge is 0.338 e. The molecule has 0 spiro atoms. The highest BCUT2D eigenvalue weighted by Gasteiger charge is 2.37. The van der Waals surface area contributed by atoms with Crippen LogP contribution >= 0.6 is 22.9 Å². The Balaban J connectivity index is 1.57. The van der Waals surface area contributed by atoms with Crippen molar-refractivity contribution < 1.29 is 19.1 Å². The van der Waals surface area contributed by atoms with Crippen molar-refractivity contribution in [3.05, 3.63) is 125 Å². The lowest BCUT2D eigenvalue weighted by Gasteiger charge is -2.25. The van der Waals surface area contributed by atoms with E-state index in [1.165, 1.54) is 4.57 Å². The first-order valence-corrected chi connectivity index (χ1v) is 14.9. The highest BCUT2D eigenvalue weighted by atomic mass is 35.5. The Hall–Kier alpha value is -4.47. The number of nitrogens with zero attached hydrogens (tertiary/aromatic N) is 3. The Morgan fingerprint density at radius 2 is 1.72 bits per heavy atom. The molecule has 1 aromatic heterocycles. The number of thiazole rings is 1. The van der Waals surface area contributed by atoms with Gasteiger partial charge in [-0.15, -0.1) is 0 Å². The summed E-state index contributed by atoms with van der Waals surface area (Å²) in [4.78, 5) is 48.6. The highest BCUT2D eigenvalue weighted by molar-refractivity contribution is 7.07. The molecule has 3 aromatic carbocycles. The zero-order valence-electron chi connectivity index (χ0n) is 24.0. The second kappa shape index (κ2) is 11.3. The van der Waals surface area contributed by atoms with Gasteiger partial charge in [-0.05, 0) is 56.2 Å². The van der Waals surface area contributed by atoms with Gasteiger partial charge in [0, 0.05) is 10.6 Å². The molecular weight excluding hydrogens is 586 g/mol. The summed E-state index contributed by atoms with van der Waals surface area (Å²) < 4.78 is 12.7. The van der Waals surface area contributed by atoms with Crippen LogP contribution in [-0.4, -0.2) is 29.7 Å². The van der Waals surface area contributed by atoms with Gasteiger partial charge in [-0.3, -0.25) is 14.2 Å². The Labute approximate surface area is 256 Å². The van der Waals surface area contributed by atoms with Crippen molar-refractivity contribution in [3.63, 3.8) is 0 Å². The van der Waals surface area contributed by atoms with Crippen LogP contribution in [0.25, 0.3) is 5.57 Å². The summed E-state index contributed by atoms with van der Waals surface area (Å²) in [5, 5.41) is 0.552. The van der Waals surface area contributed by atoms with Crippen LogP contribution in [0.4, 0.5) is 5.69 Å². The van der Waals surface area contributed by atoms with Crippen molar-refractivity contribution >= 4 is 46.1 Å². The van der Waals surface area contributed by atoms with E-state index in [1.807, 2.05) is 54.6 Å². The normalized spacial score (nSPS) is 17.1. The standard InChI is InChI=1S/C33H28ClN3O5S/c1-18(2)42-32(40)26-19(3)35-33-37(28(26)20-13-15-22(41-4)16-14-20)31(39)29(43-33)27-23-10-6-8-12-25(23)36(30(27)38)17-21-9-5-7-11-24(21)34/h5-16,18,28H,17H2,1-4H3/b29-27-/t28-/m0/s1. The molecule has 218 valence electrons. The molecule has 2 aliphatic heterocycles. The summed E-state index contributed by atoms with van der Waals surface area (Å²) in [6.07, 6.45) is -0.368. The van der Waals surface area contributed by atoms with E-state index >= 15 is 0 Å². The van der Waals surface area contributed by atoms with E-state index in [9.17, 15) is 14.4 Å². The minimum atomic E-state index is -0.811. The fourth-order valence-corrected chi connectivity index (χ4v) is 6.80. The molecule has 1 atom stereocenters. The summed E-state index contributed by atoms with van der Waals surface area (Å²) in [7, 11) is 1.57. The number of aromatic nitrogens is 1. The summed E-state index contributed by atoms with van der Waals surface area (Å²) in [5.74, 6) is -0.220. The fraction of sp³-hybridized carbons (Fsp3) is 0.212. The van der Waals surface area contributed by atoms with Crippen LogP contribution in [0.15, 0.2) is 93.9 Å². The number of hydrogen-bond acceptors (Lipinski definition) is 7. The number of allylic oxidation sites excluding steroid dienone is 1. The zero-order valence-corrected chi connectivity index (χ0v) is 25.5. The number of fused-ring (bicyclic) bond motifs is 2. The first-order chi connectivity index (χ1) is 20.7. The van der Waals surface area contributed by atoms with Gasteiger partial charge in [-0.2, -0.15) is 0 Å². The summed E-state index contributed by atoms with van der Waals surface area (Å²) >= 11 is 7.58. The van der Waals surface area contributed by atoms with E-state index in [0.717, 1.165) is 16.9 Å². The molecule has 4 aromatic rings. The van der Waals surface area contributed by atoms with Gasteiger partial charge >= 0.3 is 5.97 Å². The molecule has 2 aliphatic rings. The minimum absolute atomic E-state index is 0.246. The maximum atomic E-state index is 14.4. The summed E-state index contributed by atoms with van der Waals surface area (Å²) in [6.45, 7) is 5.51. The third kappa shape index (κ3) is 4.98. The number of anilines is 1. The predicted octanol–water partition coefficient (Wildman–Crippen LogP) is 4.77. The van der Waals surface area contributed by atoms with Crippen molar-refractivity contribution in [2.75, 3.05) is 12.0 Å². The van der Waals surface area contributed by atoms with Gasteiger partial charge in [-0.1, -0.05) is 71.5 Å². The molecule has 0 unspecified atom stereocenters. The average molecular weight is 614 g/mol. The molecule has 0 bridgehead atoms. The number of rotatable bonds is 6. The fourth-order valence-electron chi connectivity index (χ4n) is 5.47.